The summed E-state index contributed by atoms with van der Waals surface area (Å²) in [6.07, 6.45) is 4.75. The molecule has 1 atom stereocenters. The van der Waals surface area contributed by atoms with Crippen molar-refractivity contribution < 1.29 is 14.3 Å². The molecule has 0 saturated heterocycles. The van der Waals surface area contributed by atoms with Crippen LogP contribution in [0.25, 0.3) is 0 Å². The van der Waals surface area contributed by atoms with Gasteiger partial charge in [-0.1, -0.05) is 11.8 Å². The molecule has 27 heavy (non-hydrogen) atoms. The molecule has 144 valence electrons. The van der Waals surface area contributed by atoms with Crippen LogP contribution in [0.2, 0.25) is 0 Å². The Morgan fingerprint density at radius 2 is 1.93 bits per heavy atom. The summed E-state index contributed by atoms with van der Waals surface area (Å²) in [6, 6.07) is 5.84. The molecule has 2 fully saturated rings. The molecule has 1 heterocycles. The molecule has 0 bridgehead atoms. The predicted molar refractivity (Wildman–Crippen MR) is 104 cm³/mol. The van der Waals surface area contributed by atoms with Gasteiger partial charge >= 0.3 is 0 Å². The van der Waals surface area contributed by atoms with Crippen LogP contribution < -0.4 is 14.8 Å². The van der Waals surface area contributed by atoms with Gasteiger partial charge in [-0.15, -0.1) is 10.2 Å². The van der Waals surface area contributed by atoms with E-state index < -0.39 is 0 Å². The Morgan fingerprint density at radius 1 is 1.19 bits per heavy atom. The van der Waals surface area contributed by atoms with E-state index in [1.807, 2.05) is 6.92 Å². The number of carbonyl (C=O) groups excluding carboxylic acids is 1. The minimum atomic E-state index is -0.285. The van der Waals surface area contributed by atoms with Crippen molar-refractivity contribution in [2.45, 2.75) is 55.0 Å². The van der Waals surface area contributed by atoms with Crippen LogP contribution in [0, 0.1) is 0 Å². The average Bonchev–Trinajstić information content (AvgIpc) is 3.60. The molecular formula is C19H24N4O3S. The van der Waals surface area contributed by atoms with Crippen molar-refractivity contribution in [1.29, 1.82) is 0 Å². The normalized spacial score (nSPS) is 17.4. The summed E-state index contributed by atoms with van der Waals surface area (Å²) in [5.74, 6) is 2.79. The van der Waals surface area contributed by atoms with Crippen molar-refractivity contribution in [3.05, 3.63) is 24.0 Å². The average molecular weight is 388 g/mol. The Bertz CT molecular complexity index is 845. The third-order valence-corrected chi connectivity index (χ3v) is 5.90. The molecule has 1 N–H and O–H groups in total. The van der Waals surface area contributed by atoms with Crippen LogP contribution in [0.3, 0.4) is 0 Å². The van der Waals surface area contributed by atoms with E-state index in [4.69, 9.17) is 9.47 Å². The van der Waals surface area contributed by atoms with Crippen molar-refractivity contribution in [2.24, 2.45) is 0 Å². The number of nitrogens with zero attached hydrogens (tertiary/aromatic N) is 3. The van der Waals surface area contributed by atoms with E-state index in [2.05, 4.69) is 20.1 Å². The van der Waals surface area contributed by atoms with Gasteiger partial charge in [0, 0.05) is 23.7 Å². The van der Waals surface area contributed by atoms with Gasteiger partial charge in [0.2, 0.25) is 5.91 Å². The number of ether oxygens (including phenoxy) is 2. The first-order chi connectivity index (χ1) is 13.1. The summed E-state index contributed by atoms with van der Waals surface area (Å²) in [5.41, 5.74) is 0.674. The maximum Gasteiger partial charge on any atom is 0.237 e. The van der Waals surface area contributed by atoms with Gasteiger partial charge in [-0.05, 0) is 44.7 Å². The molecule has 7 nitrogen and oxygen atoms in total. The fourth-order valence-electron chi connectivity index (χ4n) is 3.03. The summed E-state index contributed by atoms with van der Waals surface area (Å²) in [4.78, 5) is 12.7. The van der Waals surface area contributed by atoms with Crippen LogP contribution >= 0.6 is 11.8 Å². The molecule has 0 radical (unpaired) electrons. The largest absolute Gasteiger partial charge is 0.493 e. The maximum atomic E-state index is 12.7. The van der Waals surface area contributed by atoms with Gasteiger partial charge in [0.15, 0.2) is 16.7 Å². The number of thioether (sulfide) groups is 1. The highest BCUT2D eigenvalue weighted by molar-refractivity contribution is 8.00. The molecule has 0 aliphatic heterocycles. The maximum absolute atomic E-state index is 12.7. The van der Waals surface area contributed by atoms with E-state index in [1.54, 1.807) is 32.4 Å². The molecule has 2 aromatic rings. The fourth-order valence-corrected chi connectivity index (χ4v) is 3.96. The zero-order chi connectivity index (χ0) is 19.0. The van der Waals surface area contributed by atoms with Gasteiger partial charge in [0.25, 0.3) is 0 Å². The molecule has 1 unspecified atom stereocenters. The second-order valence-electron chi connectivity index (χ2n) is 7.04. The molecule has 2 saturated carbocycles. The number of anilines is 1. The van der Waals surface area contributed by atoms with E-state index in [0.717, 1.165) is 11.0 Å². The summed E-state index contributed by atoms with van der Waals surface area (Å²) >= 11 is 1.47. The Labute approximate surface area is 162 Å². The van der Waals surface area contributed by atoms with Crippen LogP contribution in [0.5, 0.6) is 11.5 Å². The van der Waals surface area contributed by atoms with Gasteiger partial charge in [-0.25, -0.2) is 0 Å². The minimum absolute atomic E-state index is 0.0782. The van der Waals surface area contributed by atoms with Gasteiger partial charge in [0.05, 0.1) is 19.5 Å². The number of benzene rings is 1. The lowest BCUT2D eigenvalue weighted by molar-refractivity contribution is -0.115. The van der Waals surface area contributed by atoms with Crippen molar-refractivity contribution in [2.75, 3.05) is 19.5 Å². The number of aromatic nitrogens is 3. The summed E-state index contributed by atoms with van der Waals surface area (Å²) in [7, 11) is 3.16. The molecular weight excluding hydrogens is 364 g/mol. The van der Waals surface area contributed by atoms with Crippen LogP contribution in [0.15, 0.2) is 23.4 Å². The highest BCUT2D eigenvalue weighted by Crippen LogP contribution is 2.46. The first-order valence-electron chi connectivity index (χ1n) is 9.25. The summed E-state index contributed by atoms with van der Waals surface area (Å²) in [6.45, 7) is 1.89. The topological polar surface area (TPSA) is 78.3 Å². The zero-order valence-corrected chi connectivity index (χ0v) is 16.6. The molecule has 0 spiro atoms. The molecule has 1 aromatic carbocycles. The van der Waals surface area contributed by atoms with Crippen molar-refractivity contribution in [1.82, 2.24) is 14.8 Å². The monoisotopic (exact) mass is 388 g/mol. The summed E-state index contributed by atoms with van der Waals surface area (Å²) in [5, 5.41) is 12.3. The zero-order valence-electron chi connectivity index (χ0n) is 15.8. The highest BCUT2D eigenvalue weighted by atomic mass is 32.2. The molecule has 1 aromatic heterocycles. The lowest BCUT2D eigenvalue weighted by Gasteiger charge is -2.14. The number of nitrogens with one attached hydrogen (secondary N) is 1. The van der Waals surface area contributed by atoms with E-state index >= 15 is 0 Å². The molecule has 8 heteroatoms. The van der Waals surface area contributed by atoms with Gasteiger partial charge < -0.3 is 19.4 Å². The smallest absolute Gasteiger partial charge is 0.237 e. The number of methoxy groups -OCH3 is 2. The lowest BCUT2D eigenvalue weighted by Crippen LogP contribution is -2.23. The van der Waals surface area contributed by atoms with Gasteiger partial charge in [-0.2, -0.15) is 0 Å². The Morgan fingerprint density at radius 3 is 2.56 bits per heavy atom. The second-order valence-corrected chi connectivity index (χ2v) is 8.34. The van der Waals surface area contributed by atoms with Crippen molar-refractivity contribution in [3.63, 3.8) is 0 Å². The summed E-state index contributed by atoms with van der Waals surface area (Å²) < 4.78 is 12.8. The predicted octanol–water partition coefficient (Wildman–Crippen LogP) is 3.63. The molecule has 2 aliphatic carbocycles. The first-order valence-corrected chi connectivity index (χ1v) is 10.1. The quantitative estimate of drug-likeness (QED) is 0.696. The Balaban J connectivity index is 1.44. The van der Waals surface area contributed by atoms with Crippen LogP contribution in [-0.4, -0.2) is 40.1 Å². The van der Waals surface area contributed by atoms with Crippen LogP contribution in [0.4, 0.5) is 5.69 Å². The van der Waals surface area contributed by atoms with Crippen LogP contribution in [0.1, 0.15) is 50.4 Å². The number of hydrogen-bond acceptors (Lipinski definition) is 6. The standard InChI is InChI=1S/C19H24N4O3S/c1-11(18(24)20-13-6-9-15(25-2)16(10-13)26-3)27-19-22-21-17(12-4-5-12)23(19)14-7-8-14/h6,9-12,14H,4-5,7-8H2,1-3H3,(H,20,24). The Hall–Kier alpha value is -2.22. The van der Waals surface area contributed by atoms with Gasteiger partial charge in [0.1, 0.15) is 5.82 Å². The van der Waals surface area contributed by atoms with E-state index in [9.17, 15) is 4.79 Å². The molecule has 4 rings (SSSR count). The third kappa shape index (κ3) is 3.90. The fraction of sp³-hybridized carbons (Fsp3) is 0.526. The SMILES string of the molecule is COc1ccc(NC(=O)C(C)Sc2nnc(C3CC3)n2C2CC2)cc1OC. The highest BCUT2D eigenvalue weighted by Gasteiger charge is 2.37. The van der Waals surface area contributed by atoms with Gasteiger partial charge in [-0.3, -0.25) is 4.79 Å². The first kappa shape index (κ1) is 18.2. The number of rotatable bonds is 8. The van der Waals surface area contributed by atoms with Crippen molar-refractivity contribution in [3.8, 4) is 11.5 Å². The number of hydrogen-bond donors (Lipinski definition) is 1. The second kappa shape index (κ2) is 7.42. The lowest BCUT2D eigenvalue weighted by atomic mass is 10.2. The van der Waals surface area contributed by atoms with E-state index in [0.29, 0.717) is 29.1 Å². The number of amides is 1. The molecule has 1 amide bonds. The van der Waals surface area contributed by atoms with Crippen molar-refractivity contribution >= 4 is 23.4 Å². The van der Waals surface area contributed by atoms with E-state index in [-0.39, 0.29) is 11.2 Å². The number of carbonyl (C=O) groups is 1. The third-order valence-electron chi connectivity index (χ3n) is 4.85. The van der Waals surface area contributed by atoms with E-state index in [1.165, 1.54) is 37.4 Å². The molecule has 2 aliphatic rings. The Kier molecular flexibility index (Phi) is 4.99. The van der Waals surface area contributed by atoms with Crippen LogP contribution in [-0.2, 0) is 4.79 Å². The minimum Gasteiger partial charge on any atom is -0.493 e.